The molecule has 1 heterocycles. The Labute approximate surface area is 185 Å². The first kappa shape index (κ1) is 22.3. The fraction of sp³-hybridized carbons (Fsp3) is 0.409. The Morgan fingerprint density at radius 3 is 2.57 bits per heavy atom. The molecule has 0 aliphatic carbocycles. The van der Waals surface area contributed by atoms with Crippen LogP contribution in [0.2, 0.25) is 0 Å². The summed E-state index contributed by atoms with van der Waals surface area (Å²) in [5, 5.41) is 7.00. The number of nitrogens with one attached hydrogen (secondary N) is 2. The van der Waals surface area contributed by atoms with Crippen LogP contribution >= 0.6 is 24.0 Å². The number of methoxy groups -OCH3 is 1. The second-order valence-electron chi connectivity index (χ2n) is 6.86. The summed E-state index contributed by atoms with van der Waals surface area (Å²) >= 11 is 0. The number of hydrogen-bond acceptors (Lipinski definition) is 3. The van der Waals surface area contributed by atoms with Crippen molar-refractivity contribution in [3.63, 3.8) is 0 Å². The fourth-order valence-corrected chi connectivity index (χ4v) is 3.43. The van der Waals surface area contributed by atoms with E-state index in [1.165, 1.54) is 11.3 Å². The summed E-state index contributed by atoms with van der Waals surface area (Å²) < 4.78 is 5.20. The molecule has 1 saturated heterocycles. The van der Waals surface area contributed by atoms with Gasteiger partial charge in [0.2, 0.25) is 0 Å². The van der Waals surface area contributed by atoms with Crippen LogP contribution in [0.25, 0.3) is 0 Å². The third-order valence-corrected chi connectivity index (χ3v) is 4.97. The normalized spacial score (nSPS) is 16.4. The van der Waals surface area contributed by atoms with E-state index >= 15 is 0 Å². The summed E-state index contributed by atoms with van der Waals surface area (Å²) in [6.45, 7) is 2.99. The number of anilines is 1. The number of aryl methyl sites for hydroxylation is 1. The van der Waals surface area contributed by atoms with Crippen LogP contribution < -0.4 is 20.3 Å². The topological polar surface area (TPSA) is 48.9 Å². The van der Waals surface area contributed by atoms with Crippen LogP contribution in [0.15, 0.2) is 59.6 Å². The first-order valence-electron chi connectivity index (χ1n) is 9.68. The molecule has 0 spiro atoms. The van der Waals surface area contributed by atoms with E-state index in [-0.39, 0.29) is 24.0 Å². The summed E-state index contributed by atoms with van der Waals surface area (Å²) in [5.41, 5.74) is 2.62. The lowest BCUT2D eigenvalue weighted by Gasteiger charge is -2.20. The smallest absolute Gasteiger partial charge is 0.191 e. The molecule has 1 fully saturated rings. The Hall–Kier alpha value is -1.96. The van der Waals surface area contributed by atoms with Crippen LogP contribution in [0, 0.1) is 0 Å². The van der Waals surface area contributed by atoms with E-state index in [2.05, 4.69) is 63.0 Å². The number of aliphatic imine (C=N–C) groups is 1. The fourth-order valence-electron chi connectivity index (χ4n) is 3.43. The minimum absolute atomic E-state index is 0. The third kappa shape index (κ3) is 6.58. The first-order chi connectivity index (χ1) is 13.3. The summed E-state index contributed by atoms with van der Waals surface area (Å²) in [6.07, 6.45) is 3.23. The predicted octanol–water partition coefficient (Wildman–Crippen LogP) is 3.69. The number of para-hydroxylation sites is 1. The minimum atomic E-state index is 0. The van der Waals surface area contributed by atoms with E-state index in [0.29, 0.717) is 6.04 Å². The maximum absolute atomic E-state index is 5.20. The van der Waals surface area contributed by atoms with Crippen molar-refractivity contribution in [1.82, 2.24) is 10.6 Å². The SMILES string of the molecule is CN=C(NCCCc1ccc(OC)cc1)NC1CCN(c2ccccc2)C1.I. The van der Waals surface area contributed by atoms with Crippen molar-refractivity contribution in [1.29, 1.82) is 0 Å². The monoisotopic (exact) mass is 494 g/mol. The van der Waals surface area contributed by atoms with Crippen molar-refractivity contribution in [3.8, 4) is 5.75 Å². The third-order valence-electron chi connectivity index (χ3n) is 4.97. The minimum Gasteiger partial charge on any atom is -0.497 e. The molecule has 0 saturated carbocycles. The van der Waals surface area contributed by atoms with Crippen molar-refractivity contribution in [3.05, 3.63) is 60.2 Å². The van der Waals surface area contributed by atoms with Crippen LogP contribution in [-0.4, -0.2) is 45.8 Å². The lowest BCUT2D eigenvalue weighted by Crippen LogP contribution is -2.44. The Balaban J connectivity index is 0.00000280. The highest BCUT2D eigenvalue weighted by Gasteiger charge is 2.23. The number of benzene rings is 2. The molecule has 1 atom stereocenters. The Bertz CT molecular complexity index is 721. The molecule has 28 heavy (non-hydrogen) atoms. The number of hydrogen-bond donors (Lipinski definition) is 2. The van der Waals surface area contributed by atoms with Gasteiger partial charge in [0, 0.05) is 38.4 Å². The predicted molar refractivity (Wildman–Crippen MR) is 128 cm³/mol. The van der Waals surface area contributed by atoms with Gasteiger partial charge in [0.15, 0.2) is 5.96 Å². The highest BCUT2D eigenvalue weighted by Crippen LogP contribution is 2.19. The zero-order valence-corrected chi connectivity index (χ0v) is 19.1. The summed E-state index contributed by atoms with van der Waals surface area (Å²) in [5.74, 6) is 1.80. The first-order valence-corrected chi connectivity index (χ1v) is 9.68. The van der Waals surface area contributed by atoms with Crippen LogP contribution in [0.5, 0.6) is 5.75 Å². The number of guanidine groups is 1. The maximum Gasteiger partial charge on any atom is 0.191 e. The lowest BCUT2D eigenvalue weighted by atomic mass is 10.1. The maximum atomic E-state index is 5.20. The molecule has 1 aliphatic rings. The van der Waals surface area contributed by atoms with Crippen molar-refractivity contribution in [2.45, 2.75) is 25.3 Å². The molecule has 1 unspecified atom stereocenters. The molecule has 0 aromatic heterocycles. The average molecular weight is 494 g/mol. The lowest BCUT2D eigenvalue weighted by molar-refractivity contribution is 0.414. The average Bonchev–Trinajstić information content (AvgIpc) is 3.20. The van der Waals surface area contributed by atoms with Gasteiger partial charge in [-0.15, -0.1) is 24.0 Å². The van der Waals surface area contributed by atoms with Gasteiger partial charge in [0.25, 0.3) is 0 Å². The number of ether oxygens (including phenoxy) is 1. The van der Waals surface area contributed by atoms with E-state index < -0.39 is 0 Å². The number of halogens is 1. The Morgan fingerprint density at radius 1 is 1.14 bits per heavy atom. The van der Waals surface area contributed by atoms with Gasteiger partial charge in [0.05, 0.1) is 7.11 Å². The molecule has 0 amide bonds. The molecule has 2 aromatic rings. The van der Waals surface area contributed by atoms with Gasteiger partial charge in [-0.3, -0.25) is 4.99 Å². The Kier molecular flexibility index (Phi) is 9.40. The van der Waals surface area contributed by atoms with Gasteiger partial charge in [-0.2, -0.15) is 0 Å². The van der Waals surface area contributed by atoms with Gasteiger partial charge < -0.3 is 20.3 Å². The van der Waals surface area contributed by atoms with Gasteiger partial charge in [-0.25, -0.2) is 0 Å². The van der Waals surface area contributed by atoms with Crippen molar-refractivity contribution < 1.29 is 4.74 Å². The van der Waals surface area contributed by atoms with Gasteiger partial charge in [0.1, 0.15) is 5.75 Å². The molecule has 0 bridgehead atoms. The quantitative estimate of drug-likeness (QED) is 0.267. The molecule has 0 radical (unpaired) electrons. The Morgan fingerprint density at radius 2 is 1.89 bits per heavy atom. The van der Waals surface area contributed by atoms with E-state index in [4.69, 9.17) is 4.74 Å². The van der Waals surface area contributed by atoms with Crippen molar-refractivity contribution >= 4 is 35.6 Å². The van der Waals surface area contributed by atoms with E-state index in [1.807, 2.05) is 19.2 Å². The van der Waals surface area contributed by atoms with Crippen molar-refractivity contribution in [2.24, 2.45) is 4.99 Å². The summed E-state index contributed by atoms with van der Waals surface area (Å²) in [4.78, 5) is 6.80. The molecule has 152 valence electrons. The van der Waals surface area contributed by atoms with Gasteiger partial charge >= 0.3 is 0 Å². The molecule has 6 heteroatoms. The molecule has 2 aromatic carbocycles. The van der Waals surface area contributed by atoms with Crippen LogP contribution in [-0.2, 0) is 6.42 Å². The highest BCUT2D eigenvalue weighted by atomic mass is 127. The van der Waals surface area contributed by atoms with E-state index in [0.717, 1.165) is 50.6 Å². The van der Waals surface area contributed by atoms with Gasteiger partial charge in [-0.1, -0.05) is 30.3 Å². The van der Waals surface area contributed by atoms with E-state index in [9.17, 15) is 0 Å². The van der Waals surface area contributed by atoms with Crippen LogP contribution in [0.3, 0.4) is 0 Å². The molecular weight excluding hydrogens is 463 g/mol. The molecule has 1 aliphatic heterocycles. The van der Waals surface area contributed by atoms with E-state index in [1.54, 1.807) is 7.11 Å². The second kappa shape index (κ2) is 11.8. The van der Waals surface area contributed by atoms with Crippen molar-refractivity contribution in [2.75, 3.05) is 38.7 Å². The zero-order chi connectivity index (χ0) is 18.9. The summed E-state index contributed by atoms with van der Waals surface area (Å²) in [6, 6.07) is 19.3. The molecule has 3 rings (SSSR count). The summed E-state index contributed by atoms with van der Waals surface area (Å²) in [7, 11) is 3.53. The highest BCUT2D eigenvalue weighted by molar-refractivity contribution is 14.0. The largest absolute Gasteiger partial charge is 0.497 e. The zero-order valence-electron chi connectivity index (χ0n) is 16.7. The second-order valence-corrected chi connectivity index (χ2v) is 6.86. The number of nitrogens with zero attached hydrogens (tertiary/aromatic N) is 2. The standard InChI is InChI=1S/C22H30N4O.HI/c1-23-22(24-15-6-7-18-10-12-21(27-2)13-11-18)25-19-14-16-26(17-19)20-8-4-3-5-9-20;/h3-5,8-13,19H,6-7,14-17H2,1-2H3,(H2,23,24,25);1H. The van der Waals surface area contributed by atoms with Crippen LogP contribution in [0.1, 0.15) is 18.4 Å². The number of rotatable bonds is 7. The van der Waals surface area contributed by atoms with Crippen LogP contribution in [0.4, 0.5) is 5.69 Å². The molecule has 2 N–H and O–H groups in total. The molecule has 5 nitrogen and oxygen atoms in total. The van der Waals surface area contributed by atoms with Gasteiger partial charge in [-0.05, 0) is 49.1 Å². The molecular formula is C22H31IN4O.